The number of aliphatic carboxylic acids is 2. The van der Waals surface area contributed by atoms with Crippen molar-refractivity contribution >= 4 is 33.5 Å². The van der Waals surface area contributed by atoms with Gasteiger partial charge in [-0.3, -0.25) is 9.59 Å². The van der Waals surface area contributed by atoms with E-state index >= 15 is 0 Å². The Hall–Kier alpha value is -3.66. The van der Waals surface area contributed by atoms with Crippen LogP contribution in [0, 0.1) is 0 Å². The van der Waals surface area contributed by atoms with Gasteiger partial charge in [0.25, 0.3) is 0 Å². The number of hydrogen-bond donors (Lipinski definition) is 2. The van der Waals surface area contributed by atoms with Crippen LogP contribution in [0.5, 0.6) is 0 Å². The summed E-state index contributed by atoms with van der Waals surface area (Å²) in [6.45, 7) is 0. The summed E-state index contributed by atoms with van der Waals surface area (Å²) >= 11 is 0. The molecule has 32 heavy (non-hydrogen) atoms. The average molecular weight is 427 g/mol. The van der Waals surface area contributed by atoms with Crippen LogP contribution in [0.25, 0.3) is 32.7 Å². The third-order valence-corrected chi connectivity index (χ3v) is 5.95. The summed E-state index contributed by atoms with van der Waals surface area (Å²) in [6, 6.07) is 25.0. The number of hydrogen-bond acceptors (Lipinski definition) is 2. The second-order valence-corrected chi connectivity index (χ2v) is 8.14. The molecule has 0 amide bonds. The number of rotatable bonds is 9. The molecule has 0 aromatic heterocycles. The molecule has 4 nitrogen and oxygen atoms in total. The van der Waals surface area contributed by atoms with Crippen LogP contribution < -0.4 is 0 Å². The molecule has 0 fully saturated rings. The van der Waals surface area contributed by atoms with E-state index < -0.39 is 11.9 Å². The summed E-state index contributed by atoms with van der Waals surface area (Å²) in [4.78, 5) is 22.2. The maximum atomic E-state index is 11.1. The van der Waals surface area contributed by atoms with Crippen LogP contribution in [0.4, 0.5) is 0 Å². The van der Waals surface area contributed by atoms with E-state index in [1.807, 2.05) is 24.3 Å². The topological polar surface area (TPSA) is 74.6 Å². The van der Waals surface area contributed by atoms with Gasteiger partial charge in [-0.05, 0) is 69.5 Å². The third-order valence-electron chi connectivity index (χ3n) is 5.95. The highest BCUT2D eigenvalue weighted by Crippen LogP contribution is 2.40. The van der Waals surface area contributed by atoms with Gasteiger partial charge < -0.3 is 10.2 Å². The second kappa shape index (κ2) is 9.65. The molecule has 0 bridgehead atoms. The Kier molecular flexibility index (Phi) is 6.50. The number of fused-ring (bicyclic) bond motifs is 2. The molecule has 4 heteroatoms. The zero-order chi connectivity index (χ0) is 22.5. The van der Waals surface area contributed by atoms with Crippen LogP contribution in [0.1, 0.15) is 36.8 Å². The van der Waals surface area contributed by atoms with E-state index in [0.717, 1.165) is 43.8 Å². The summed E-state index contributed by atoms with van der Waals surface area (Å²) in [6.07, 6.45) is 2.74. The lowest BCUT2D eigenvalue weighted by Crippen LogP contribution is -2.01. The van der Waals surface area contributed by atoms with E-state index in [1.165, 1.54) is 0 Å². The van der Waals surface area contributed by atoms with Crippen molar-refractivity contribution in [2.75, 3.05) is 0 Å². The van der Waals surface area contributed by atoms with Crippen LogP contribution in [0.3, 0.4) is 0 Å². The van der Waals surface area contributed by atoms with Crippen molar-refractivity contribution in [2.24, 2.45) is 0 Å². The lowest BCUT2D eigenvalue weighted by Gasteiger charge is -2.19. The van der Waals surface area contributed by atoms with Crippen LogP contribution in [-0.4, -0.2) is 22.2 Å². The van der Waals surface area contributed by atoms with Gasteiger partial charge in [-0.1, -0.05) is 72.8 Å². The number of benzene rings is 4. The lowest BCUT2D eigenvalue weighted by atomic mass is 9.84. The zero-order valence-corrected chi connectivity index (χ0v) is 17.9. The van der Waals surface area contributed by atoms with Gasteiger partial charge in [0.15, 0.2) is 0 Å². The minimum absolute atomic E-state index is 0.132. The van der Waals surface area contributed by atoms with E-state index in [1.54, 1.807) is 0 Å². The first-order chi connectivity index (χ1) is 15.5. The molecule has 0 unspecified atom stereocenters. The molecule has 0 saturated heterocycles. The molecular weight excluding hydrogens is 400 g/mol. The van der Waals surface area contributed by atoms with E-state index in [-0.39, 0.29) is 12.8 Å². The molecule has 0 saturated carbocycles. The molecule has 0 aliphatic carbocycles. The Morgan fingerprint density at radius 2 is 0.969 bits per heavy atom. The van der Waals surface area contributed by atoms with Crippen LogP contribution in [0.15, 0.2) is 72.8 Å². The minimum atomic E-state index is -0.785. The average Bonchev–Trinajstić information content (AvgIpc) is 2.78. The Balaban J connectivity index is 1.94. The largest absolute Gasteiger partial charge is 0.481 e. The van der Waals surface area contributed by atoms with E-state index in [2.05, 4.69) is 48.5 Å². The molecule has 0 atom stereocenters. The van der Waals surface area contributed by atoms with E-state index in [0.29, 0.717) is 25.7 Å². The van der Waals surface area contributed by atoms with Crippen molar-refractivity contribution in [3.8, 4) is 11.1 Å². The molecule has 0 aliphatic rings. The summed E-state index contributed by atoms with van der Waals surface area (Å²) < 4.78 is 0. The van der Waals surface area contributed by atoms with E-state index in [4.69, 9.17) is 10.2 Å². The molecule has 162 valence electrons. The highest BCUT2D eigenvalue weighted by molar-refractivity contribution is 6.07. The van der Waals surface area contributed by atoms with Crippen LogP contribution in [-0.2, 0) is 22.4 Å². The van der Waals surface area contributed by atoms with Gasteiger partial charge in [-0.25, -0.2) is 0 Å². The van der Waals surface area contributed by atoms with Crippen molar-refractivity contribution in [1.82, 2.24) is 0 Å². The van der Waals surface area contributed by atoms with Crippen molar-refractivity contribution in [3.63, 3.8) is 0 Å². The van der Waals surface area contributed by atoms with Crippen LogP contribution in [0.2, 0.25) is 0 Å². The zero-order valence-electron chi connectivity index (χ0n) is 17.9. The standard InChI is InChI=1S/C28H26O4/c29-25(30)13-5-9-21-17-15-19-7-1-3-11-23(19)27(21)28-22(10-6-14-26(31)32)18-16-20-8-2-4-12-24(20)28/h1-4,7-8,11-12,15-18H,5-6,9-10,13-14H2,(H,29,30)(H,31,32). The van der Waals surface area contributed by atoms with E-state index in [9.17, 15) is 9.59 Å². The number of carboxylic acid groups (broad SMARTS) is 2. The van der Waals surface area contributed by atoms with Gasteiger partial charge in [0.05, 0.1) is 0 Å². The van der Waals surface area contributed by atoms with Gasteiger partial charge >= 0.3 is 11.9 Å². The summed E-state index contributed by atoms with van der Waals surface area (Å²) in [5.41, 5.74) is 4.52. The van der Waals surface area contributed by atoms with Gasteiger partial charge in [-0.2, -0.15) is 0 Å². The smallest absolute Gasteiger partial charge is 0.303 e. The van der Waals surface area contributed by atoms with Crippen LogP contribution >= 0.6 is 0 Å². The van der Waals surface area contributed by atoms with Crippen molar-refractivity contribution in [1.29, 1.82) is 0 Å². The van der Waals surface area contributed by atoms with Gasteiger partial charge in [-0.15, -0.1) is 0 Å². The summed E-state index contributed by atoms with van der Waals surface area (Å²) in [5.74, 6) is -1.57. The van der Waals surface area contributed by atoms with Gasteiger partial charge in [0.1, 0.15) is 0 Å². The number of carbonyl (C=O) groups is 2. The molecular formula is C28H26O4. The van der Waals surface area contributed by atoms with Crippen molar-refractivity contribution < 1.29 is 19.8 Å². The molecule has 0 heterocycles. The summed E-state index contributed by atoms with van der Waals surface area (Å²) in [7, 11) is 0. The maximum Gasteiger partial charge on any atom is 0.303 e. The first-order valence-corrected chi connectivity index (χ1v) is 11.0. The number of aryl methyl sites for hydroxylation is 2. The fraction of sp³-hybridized carbons (Fsp3) is 0.214. The van der Waals surface area contributed by atoms with Crippen molar-refractivity contribution in [2.45, 2.75) is 38.5 Å². The Labute approximate surface area is 187 Å². The fourth-order valence-corrected chi connectivity index (χ4v) is 4.50. The highest BCUT2D eigenvalue weighted by atomic mass is 16.4. The second-order valence-electron chi connectivity index (χ2n) is 8.14. The fourth-order valence-electron chi connectivity index (χ4n) is 4.50. The Bertz CT molecular complexity index is 1190. The third kappa shape index (κ3) is 4.65. The Morgan fingerprint density at radius 1 is 0.562 bits per heavy atom. The first-order valence-electron chi connectivity index (χ1n) is 11.0. The molecule has 4 aromatic carbocycles. The predicted molar refractivity (Wildman–Crippen MR) is 128 cm³/mol. The first kappa shape index (κ1) is 21.6. The normalized spacial score (nSPS) is 11.1. The highest BCUT2D eigenvalue weighted by Gasteiger charge is 2.17. The predicted octanol–water partition coefficient (Wildman–Crippen LogP) is 6.47. The minimum Gasteiger partial charge on any atom is -0.481 e. The molecule has 4 aromatic rings. The molecule has 2 N–H and O–H groups in total. The monoisotopic (exact) mass is 426 g/mol. The molecule has 0 spiro atoms. The molecule has 0 radical (unpaired) electrons. The SMILES string of the molecule is O=C(O)CCCc1ccc2ccccc2c1-c1c(CCCC(=O)O)ccc2ccccc12. The van der Waals surface area contributed by atoms with Gasteiger partial charge in [0.2, 0.25) is 0 Å². The summed E-state index contributed by atoms with van der Waals surface area (Å²) in [5, 5.41) is 22.8. The quantitative estimate of drug-likeness (QED) is 0.321. The maximum absolute atomic E-state index is 11.1. The molecule has 0 aliphatic heterocycles. The van der Waals surface area contributed by atoms with Gasteiger partial charge in [0, 0.05) is 12.8 Å². The lowest BCUT2D eigenvalue weighted by molar-refractivity contribution is -0.138. The number of carboxylic acids is 2. The molecule has 4 rings (SSSR count). The van der Waals surface area contributed by atoms with Crippen molar-refractivity contribution in [3.05, 3.63) is 83.9 Å². The Morgan fingerprint density at radius 3 is 1.38 bits per heavy atom.